The fourth-order valence-corrected chi connectivity index (χ4v) is 5.04. The molecule has 1 N–H and O–H groups in total. The summed E-state index contributed by atoms with van der Waals surface area (Å²) in [7, 11) is 1.54. The van der Waals surface area contributed by atoms with Crippen molar-refractivity contribution in [3.63, 3.8) is 0 Å². The number of hydrogen-bond acceptors (Lipinski definition) is 6. The van der Waals surface area contributed by atoms with Gasteiger partial charge < -0.3 is 14.8 Å². The number of thiophene rings is 1. The minimum absolute atomic E-state index is 0.0349. The molecule has 0 saturated carbocycles. The van der Waals surface area contributed by atoms with Gasteiger partial charge >= 0.3 is 0 Å². The van der Waals surface area contributed by atoms with Crippen LogP contribution in [0.2, 0.25) is 5.02 Å². The molecule has 5 rings (SSSR count). The Morgan fingerprint density at radius 1 is 1.21 bits per heavy atom. The molecule has 3 heterocycles. The molecule has 2 aromatic heterocycles. The first-order chi connectivity index (χ1) is 16.0. The summed E-state index contributed by atoms with van der Waals surface area (Å²) in [6, 6.07) is 14.6. The number of fused-ring (bicyclic) bond motifs is 1. The summed E-state index contributed by atoms with van der Waals surface area (Å²) < 4.78 is 26.7. The average Bonchev–Trinajstić information content (AvgIpc) is 3.45. The second-order valence-electron chi connectivity index (χ2n) is 7.84. The fraction of sp³-hybridized carbons (Fsp3) is 0.250. The monoisotopic (exact) mass is 485 g/mol. The van der Waals surface area contributed by atoms with Crippen LogP contribution in [0.15, 0.2) is 59.7 Å². The van der Waals surface area contributed by atoms with Crippen LogP contribution in [-0.2, 0) is 0 Å². The molecule has 1 fully saturated rings. The highest BCUT2D eigenvalue weighted by Crippen LogP contribution is 2.33. The Balaban J connectivity index is 1.43. The number of nitrogens with one attached hydrogen (secondary N) is 1. The Labute approximate surface area is 198 Å². The minimum atomic E-state index is -0.838. The molecule has 1 aliphatic heterocycles. The summed E-state index contributed by atoms with van der Waals surface area (Å²) in [5.41, 5.74) is 2.08. The van der Waals surface area contributed by atoms with Gasteiger partial charge in [-0.2, -0.15) is 0 Å². The second-order valence-corrected chi connectivity index (χ2v) is 9.32. The fourth-order valence-electron chi connectivity index (χ4n) is 3.87. The quantitative estimate of drug-likeness (QED) is 0.422. The van der Waals surface area contributed by atoms with Gasteiger partial charge in [0.1, 0.15) is 23.8 Å². The summed E-state index contributed by atoms with van der Waals surface area (Å²) in [6.45, 7) is 0.692. The molecular weight excluding hydrogens is 465 g/mol. The van der Waals surface area contributed by atoms with Crippen LogP contribution in [0.1, 0.15) is 6.42 Å². The van der Waals surface area contributed by atoms with Crippen molar-refractivity contribution in [3.05, 3.63) is 70.2 Å². The lowest BCUT2D eigenvalue weighted by Crippen LogP contribution is -2.28. The average molecular weight is 486 g/mol. The van der Waals surface area contributed by atoms with Gasteiger partial charge in [0.05, 0.1) is 18.3 Å². The zero-order chi connectivity index (χ0) is 22.9. The highest BCUT2D eigenvalue weighted by molar-refractivity contribution is 7.22. The number of ether oxygens (including phenoxy) is 2. The van der Waals surface area contributed by atoms with Gasteiger partial charge in [-0.1, -0.05) is 23.7 Å². The van der Waals surface area contributed by atoms with Gasteiger partial charge in [0.2, 0.25) is 0 Å². The predicted molar refractivity (Wildman–Crippen MR) is 129 cm³/mol. The maximum absolute atomic E-state index is 13.4. The predicted octanol–water partition coefficient (Wildman–Crippen LogP) is 4.86. The van der Waals surface area contributed by atoms with Crippen molar-refractivity contribution in [2.24, 2.45) is 0 Å². The third kappa shape index (κ3) is 4.46. The molecule has 1 saturated heterocycles. The molecule has 0 aliphatic carbocycles. The summed E-state index contributed by atoms with van der Waals surface area (Å²) in [5, 5.41) is 3.75. The molecule has 0 bridgehead atoms. The number of halogens is 2. The van der Waals surface area contributed by atoms with E-state index in [0.29, 0.717) is 52.0 Å². The van der Waals surface area contributed by atoms with E-state index in [2.05, 4.69) is 10.3 Å². The molecule has 9 heteroatoms. The van der Waals surface area contributed by atoms with Gasteiger partial charge in [-0.25, -0.2) is 9.37 Å². The highest BCUT2D eigenvalue weighted by Gasteiger charge is 2.24. The number of rotatable bonds is 6. The summed E-state index contributed by atoms with van der Waals surface area (Å²) in [4.78, 5) is 18.7. The Kier molecular flexibility index (Phi) is 6.05. The van der Waals surface area contributed by atoms with Gasteiger partial charge in [-0.15, -0.1) is 11.3 Å². The maximum atomic E-state index is 13.4. The van der Waals surface area contributed by atoms with E-state index in [0.717, 1.165) is 10.4 Å². The van der Waals surface area contributed by atoms with Crippen molar-refractivity contribution in [1.29, 1.82) is 0 Å². The molecule has 2 atom stereocenters. The normalized spacial score (nSPS) is 18.0. The van der Waals surface area contributed by atoms with Gasteiger partial charge in [-0.3, -0.25) is 9.36 Å². The zero-order valence-corrected chi connectivity index (χ0v) is 19.3. The van der Waals surface area contributed by atoms with Crippen LogP contribution in [0.3, 0.4) is 0 Å². The molecule has 0 spiro atoms. The smallest absolute Gasteiger partial charge is 0.275 e. The van der Waals surface area contributed by atoms with E-state index in [-0.39, 0.29) is 11.6 Å². The van der Waals surface area contributed by atoms with Crippen molar-refractivity contribution in [2.75, 3.05) is 20.3 Å². The van der Waals surface area contributed by atoms with Gasteiger partial charge in [0.25, 0.3) is 5.56 Å². The Morgan fingerprint density at radius 3 is 2.76 bits per heavy atom. The third-order valence-electron chi connectivity index (χ3n) is 5.60. The lowest BCUT2D eigenvalue weighted by Gasteiger charge is -2.15. The number of methoxy groups -OCH3 is 1. The van der Waals surface area contributed by atoms with Crippen molar-refractivity contribution in [2.45, 2.75) is 18.6 Å². The van der Waals surface area contributed by atoms with E-state index in [1.807, 2.05) is 30.3 Å². The Morgan fingerprint density at radius 2 is 2.03 bits per heavy atom. The van der Waals surface area contributed by atoms with Crippen LogP contribution in [0, 0.1) is 0 Å². The van der Waals surface area contributed by atoms with Crippen LogP contribution < -0.4 is 20.3 Å². The van der Waals surface area contributed by atoms with Crippen LogP contribution in [0.25, 0.3) is 26.3 Å². The van der Waals surface area contributed by atoms with Crippen molar-refractivity contribution in [3.8, 4) is 27.6 Å². The molecule has 0 amide bonds. The Hall–Kier alpha value is -2.94. The summed E-state index contributed by atoms with van der Waals surface area (Å²) in [5.74, 6) is 1.02. The minimum Gasteiger partial charge on any atom is -0.493 e. The first kappa shape index (κ1) is 21.9. The second kappa shape index (κ2) is 9.13. The summed E-state index contributed by atoms with van der Waals surface area (Å²) >= 11 is 7.38. The molecule has 2 aromatic carbocycles. The first-order valence-electron chi connectivity index (χ1n) is 10.5. The van der Waals surface area contributed by atoms with Crippen molar-refractivity contribution < 1.29 is 13.9 Å². The molecule has 6 nitrogen and oxygen atoms in total. The molecule has 1 aliphatic rings. The standard InChI is InChI=1S/C24H21ClFN3O3S/c1-31-21-9-18(6-7-20(21)32-12-17-8-16(26)11-27-17)29-13-28-19-10-22(33-23(19)24(29)30)14-2-4-15(25)5-3-14/h2-7,9-10,13,16-17,27H,8,11-12H2,1H3/t16-,17-/m0/s1. The number of hydrogen-bond donors (Lipinski definition) is 1. The number of benzene rings is 2. The molecule has 33 heavy (non-hydrogen) atoms. The molecule has 0 unspecified atom stereocenters. The van der Waals surface area contributed by atoms with Crippen LogP contribution in [-0.4, -0.2) is 42.0 Å². The van der Waals surface area contributed by atoms with Crippen LogP contribution in [0.4, 0.5) is 4.39 Å². The lowest BCUT2D eigenvalue weighted by molar-refractivity contribution is 0.256. The topological polar surface area (TPSA) is 65.4 Å². The zero-order valence-electron chi connectivity index (χ0n) is 17.8. The lowest BCUT2D eigenvalue weighted by atomic mass is 10.2. The molecule has 0 radical (unpaired) electrons. The van der Waals surface area contributed by atoms with E-state index in [1.165, 1.54) is 22.2 Å². The third-order valence-corrected chi connectivity index (χ3v) is 7.01. The van der Waals surface area contributed by atoms with Gasteiger partial charge in [0.15, 0.2) is 11.5 Å². The SMILES string of the molecule is COc1cc(-n2cnc3cc(-c4ccc(Cl)cc4)sc3c2=O)ccc1OC[C@@H]1C[C@H](F)CN1. The largest absolute Gasteiger partial charge is 0.493 e. The van der Waals surface area contributed by atoms with Crippen LogP contribution in [0.5, 0.6) is 11.5 Å². The van der Waals surface area contributed by atoms with Gasteiger partial charge in [-0.05, 0) is 42.3 Å². The van der Waals surface area contributed by atoms with E-state index < -0.39 is 6.17 Å². The van der Waals surface area contributed by atoms with E-state index >= 15 is 0 Å². The number of alkyl halides is 1. The van der Waals surface area contributed by atoms with Crippen molar-refractivity contribution >= 4 is 33.2 Å². The van der Waals surface area contributed by atoms with E-state index in [9.17, 15) is 9.18 Å². The van der Waals surface area contributed by atoms with E-state index in [1.54, 1.807) is 25.3 Å². The number of aromatic nitrogens is 2. The molecule has 4 aromatic rings. The highest BCUT2D eigenvalue weighted by atomic mass is 35.5. The Bertz CT molecular complexity index is 1360. The molecule has 170 valence electrons. The maximum Gasteiger partial charge on any atom is 0.275 e. The van der Waals surface area contributed by atoms with Crippen LogP contribution >= 0.6 is 22.9 Å². The van der Waals surface area contributed by atoms with Crippen molar-refractivity contribution in [1.82, 2.24) is 14.9 Å². The van der Waals surface area contributed by atoms with Gasteiger partial charge in [0, 0.05) is 28.6 Å². The summed E-state index contributed by atoms with van der Waals surface area (Å²) in [6.07, 6.45) is 1.11. The first-order valence-corrected chi connectivity index (χ1v) is 11.7. The molecular formula is C24H21ClFN3O3S. The van der Waals surface area contributed by atoms with E-state index in [4.69, 9.17) is 21.1 Å². The number of nitrogens with zero attached hydrogens (tertiary/aromatic N) is 2.